The van der Waals surface area contributed by atoms with Crippen molar-refractivity contribution < 1.29 is 22.8 Å². The SMILES string of the molecule is O=C(c1nc(-c2cccnc2)sc1-c1cccc(Cl)c1)N1CCC[C@H]1CNC(=O)C(F)(F)F. The Labute approximate surface area is 196 Å². The van der Waals surface area contributed by atoms with E-state index in [0.717, 1.165) is 5.56 Å². The molecule has 1 fully saturated rings. The summed E-state index contributed by atoms with van der Waals surface area (Å²) in [4.78, 5) is 35.5. The van der Waals surface area contributed by atoms with Crippen molar-refractivity contribution in [3.05, 3.63) is 59.5 Å². The maximum absolute atomic E-state index is 13.5. The van der Waals surface area contributed by atoms with Crippen molar-refractivity contribution in [3.8, 4) is 21.0 Å². The van der Waals surface area contributed by atoms with E-state index in [2.05, 4.69) is 9.97 Å². The van der Waals surface area contributed by atoms with Gasteiger partial charge in [0.05, 0.1) is 4.88 Å². The van der Waals surface area contributed by atoms with E-state index in [1.165, 1.54) is 16.2 Å². The first kappa shape index (κ1) is 23.2. The van der Waals surface area contributed by atoms with Crippen molar-refractivity contribution in [2.75, 3.05) is 13.1 Å². The fourth-order valence-corrected chi connectivity index (χ4v) is 4.90. The smallest absolute Gasteiger partial charge is 0.346 e. The molecular weight excluding hydrogens is 477 g/mol. The summed E-state index contributed by atoms with van der Waals surface area (Å²) in [6.07, 6.45) is -0.605. The third-order valence-corrected chi connectivity index (χ3v) is 6.61. The van der Waals surface area contributed by atoms with Crippen LogP contribution < -0.4 is 5.32 Å². The topological polar surface area (TPSA) is 75.2 Å². The summed E-state index contributed by atoms with van der Waals surface area (Å²) in [5, 5.41) is 2.97. The van der Waals surface area contributed by atoms with Gasteiger partial charge >= 0.3 is 12.1 Å². The van der Waals surface area contributed by atoms with Crippen molar-refractivity contribution in [2.45, 2.75) is 25.1 Å². The van der Waals surface area contributed by atoms with Gasteiger partial charge in [0.15, 0.2) is 0 Å². The molecule has 1 N–H and O–H groups in total. The second kappa shape index (κ2) is 9.48. The lowest BCUT2D eigenvalue weighted by Gasteiger charge is -2.25. The molecule has 172 valence electrons. The number of aromatic nitrogens is 2. The molecule has 1 aliphatic heterocycles. The number of rotatable bonds is 5. The second-order valence-electron chi connectivity index (χ2n) is 7.45. The molecule has 11 heteroatoms. The zero-order chi connectivity index (χ0) is 23.6. The third-order valence-electron chi connectivity index (χ3n) is 5.22. The summed E-state index contributed by atoms with van der Waals surface area (Å²) < 4.78 is 37.7. The molecule has 1 aliphatic rings. The number of halogens is 4. The molecule has 1 aromatic carbocycles. The van der Waals surface area contributed by atoms with E-state index < -0.39 is 24.0 Å². The number of likely N-dealkylation sites (tertiary alicyclic amines) is 1. The maximum Gasteiger partial charge on any atom is 0.471 e. The minimum Gasteiger partial charge on any atom is -0.346 e. The summed E-state index contributed by atoms with van der Waals surface area (Å²) in [5.74, 6) is -2.42. The van der Waals surface area contributed by atoms with Crippen LogP contribution in [-0.2, 0) is 4.79 Å². The van der Waals surface area contributed by atoms with Crippen LogP contribution in [0.3, 0.4) is 0 Å². The van der Waals surface area contributed by atoms with E-state index in [1.807, 2.05) is 17.4 Å². The van der Waals surface area contributed by atoms with Crippen LogP contribution in [0.1, 0.15) is 23.3 Å². The number of nitrogens with one attached hydrogen (secondary N) is 1. The predicted octanol–water partition coefficient (Wildman–Crippen LogP) is 4.81. The molecule has 0 aliphatic carbocycles. The third kappa shape index (κ3) is 5.17. The molecule has 1 atom stereocenters. The van der Waals surface area contributed by atoms with Gasteiger partial charge in [0.2, 0.25) is 0 Å². The van der Waals surface area contributed by atoms with Gasteiger partial charge in [0.1, 0.15) is 10.7 Å². The molecule has 2 amide bonds. The van der Waals surface area contributed by atoms with Crippen LogP contribution in [0.5, 0.6) is 0 Å². The van der Waals surface area contributed by atoms with Crippen molar-refractivity contribution in [3.63, 3.8) is 0 Å². The van der Waals surface area contributed by atoms with Crippen LogP contribution in [0, 0.1) is 0 Å². The van der Waals surface area contributed by atoms with Crippen LogP contribution >= 0.6 is 22.9 Å². The minimum atomic E-state index is -4.97. The van der Waals surface area contributed by atoms with Gasteiger partial charge in [-0.15, -0.1) is 11.3 Å². The van der Waals surface area contributed by atoms with Crippen molar-refractivity contribution in [1.29, 1.82) is 0 Å². The Morgan fingerprint density at radius 2 is 2.00 bits per heavy atom. The molecule has 0 bridgehead atoms. The molecule has 0 saturated carbocycles. The van der Waals surface area contributed by atoms with E-state index in [9.17, 15) is 22.8 Å². The standard InChI is InChI=1S/C22H18ClF3N4O2S/c23-15-6-1-4-13(10-15)18-17(29-19(33-18)14-5-2-8-27-11-14)20(31)30-9-3-7-16(30)12-28-21(32)22(24,25)26/h1-2,4-6,8,10-11,16H,3,7,9,12H2,(H,28,32)/t16-/m0/s1. The number of thiazole rings is 1. The van der Waals surface area contributed by atoms with Crippen LogP contribution in [0.25, 0.3) is 21.0 Å². The fraction of sp³-hybridized carbons (Fsp3) is 0.273. The monoisotopic (exact) mass is 494 g/mol. The summed E-state index contributed by atoms with van der Waals surface area (Å²) in [6.45, 7) is 0.0797. The molecule has 4 rings (SSSR count). The number of benzene rings is 1. The first-order valence-electron chi connectivity index (χ1n) is 10.1. The Bertz CT molecular complexity index is 1170. The molecule has 2 aromatic heterocycles. The maximum atomic E-state index is 13.5. The highest BCUT2D eigenvalue weighted by Gasteiger charge is 2.40. The lowest BCUT2D eigenvalue weighted by atomic mass is 10.1. The quantitative estimate of drug-likeness (QED) is 0.552. The van der Waals surface area contributed by atoms with Gasteiger partial charge in [0, 0.05) is 42.1 Å². The Balaban J connectivity index is 1.66. The first-order chi connectivity index (χ1) is 15.7. The highest BCUT2D eigenvalue weighted by atomic mass is 35.5. The van der Waals surface area contributed by atoms with Gasteiger partial charge < -0.3 is 10.2 Å². The number of pyridine rings is 1. The number of alkyl halides is 3. The van der Waals surface area contributed by atoms with Gasteiger partial charge in [-0.1, -0.05) is 23.7 Å². The molecule has 3 heterocycles. The molecule has 33 heavy (non-hydrogen) atoms. The Morgan fingerprint density at radius 3 is 2.70 bits per heavy atom. The van der Waals surface area contributed by atoms with Crippen LogP contribution in [0.2, 0.25) is 5.02 Å². The molecule has 3 aromatic rings. The van der Waals surface area contributed by atoms with E-state index >= 15 is 0 Å². The number of hydrogen-bond acceptors (Lipinski definition) is 5. The number of carbonyl (C=O) groups is 2. The molecule has 1 saturated heterocycles. The van der Waals surface area contributed by atoms with Gasteiger partial charge in [-0.25, -0.2) is 4.98 Å². The molecular formula is C22H18ClF3N4O2S. The summed E-state index contributed by atoms with van der Waals surface area (Å²) in [7, 11) is 0. The molecule has 0 unspecified atom stereocenters. The number of nitrogens with zero attached hydrogens (tertiary/aromatic N) is 3. The Kier molecular flexibility index (Phi) is 6.66. The first-order valence-corrected chi connectivity index (χ1v) is 11.3. The van der Waals surface area contributed by atoms with E-state index in [1.54, 1.807) is 36.7 Å². The number of carbonyl (C=O) groups excluding carboxylic acids is 2. The zero-order valence-electron chi connectivity index (χ0n) is 17.1. The van der Waals surface area contributed by atoms with Crippen LogP contribution in [0.4, 0.5) is 13.2 Å². The van der Waals surface area contributed by atoms with Crippen molar-refractivity contribution in [2.24, 2.45) is 0 Å². The fourth-order valence-electron chi connectivity index (χ4n) is 3.67. The Hall–Kier alpha value is -2.98. The molecule has 0 radical (unpaired) electrons. The number of amides is 2. The largest absolute Gasteiger partial charge is 0.471 e. The van der Waals surface area contributed by atoms with Crippen molar-refractivity contribution in [1.82, 2.24) is 20.2 Å². The Morgan fingerprint density at radius 1 is 1.21 bits per heavy atom. The normalized spacial score (nSPS) is 16.1. The van der Waals surface area contributed by atoms with Crippen LogP contribution in [-0.4, -0.2) is 52.0 Å². The van der Waals surface area contributed by atoms with Crippen LogP contribution in [0.15, 0.2) is 48.8 Å². The molecule has 0 spiro atoms. The van der Waals surface area contributed by atoms with Crippen molar-refractivity contribution >= 4 is 34.8 Å². The summed E-state index contributed by atoms with van der Waals surface area (Å²) in [6, 6.07) is 10.1. The average molecular weight is 495 g/mol. The lowest BCUT2D eigenvalue weighted by molar-refractivity contribution is -0.173. The van der Waals surface area contributed by atoms with E-state index in [-0.39, 0.29) is 12.2 Å². The van der Waals surface area contributed by atoms with E-state index in [0.29, 0.717) is 39.9 Å². The number of hydrogen-bond donors (Lipinski definition) is 1. The van der Waals surface area contributed by atoms with Gasteiger partial charge in [0.25, 0.3) is 5.91 Å². The van der Waals surface area contributed by atoms with Gasteiger partial charge in [-0.2, -0.15) is 13.2 Å². The second-order valence-corrected chi connectivity index (χ2v) is 8.89. The minimum absolute atomic E-state index is 0.190. The average Bonchev–Trinajstić information content (AvgIpc) is 3.44. The van der Waals surface area contributed by atoms with Gasteiger partial charge in [-0.05, 0) is 42.7 Å². The van der Waals surface area contributed by atoms with E-state index in [4.69, 9.17) is 11.6 Å². The highest BCUT2D eigenvalue weighted by molar-refractivity contribution is 7.18. The summed E-state index contributed by atoms with van der Waals surface area (Å²) in [5.41, 5.74) is 1.63. The lowest BCUT2D eigenvalue weighted by Crippen LogP contribution is -2.46. The van der Waals surface area contributed by atoms with Gasteiger partial charge in [-0.3, -0.25) is 14.6 Å². The summed E-state index contributed by atoms with van der Waals surface area (Å²) >= 11 is 7.46. The predicted molar refractivity (Wildman–Crippen MR) is 119 cm³/mol. The zero-order valence-corrected chi connectivity index (χ0v) is 18.7. The molecule has 6 nitrogen and oxygen atoms in total. The highest BCUT2D eigenvalue weighted by Crippen LogP contribution is 2.37.